The van der Waals surface area contributed by atoms with Gasteiger partial charge in [0.15, 0.2) is 5.58 Å². The number of aromatic nitrogens is 2. The van der Waals surface area contributed by atoms with Crippen molar-refractivity contribution in [3.8, 4) is 11.3 Å². The summed E-state index contributed by atoms with van der Waals surface area (Å²) < 4.78 is 22.5. The summed E-state index contributed by atoms with van der Waals surface area (Å²) in [4.78, 5) is 17.9. The van der Waals surface area contributed by atoms with Gasteiger partial charge in [-0.15, -0.1) is 0 Å². The van der Waals surface area contributed by atoms with Crippen molar-refractivity contribution in [1.29, 1.82) is 0 Å². The average molecular weight is 585 g/mol. The Morgan fingerprint density at radius 3 is 2.42 bits per heavy atom. The van der Waals surface area contributed by atoms with Crippen LogP contribution in [0.25, 0.3) is 22.4 Å². The van der Waals surface area contributed by atoms with E-state index in [-0.39, 0.29) is 6.10 Å². The van der Waals surface area contributed by atoms with Gasteiger partial charge in [0.1, 0.15) is 23.3 Å². The molecule has 2 aromatic carbocycles. The number of methoxy groups -OCH3 is 1. The number of fused-ring (bicyclic) bond motifs is 2. The maximum atomic E-state index is 11.1. The number of oxazole rings is 1. The second-order valence-electron chi connectivity index (χ2n) is 10.8. The molecule has 210 valence electrons. The lowest BCUT2D eigenvalue weighted by Crippen LogP contribution is -2.23. The van der Waals surface area contributed by atoms with Gasteiger partial charge in [-0.05, 0) is 67.9 Å². The van der Waals surface area contributed by atoms with Gasteiger partial charge in [0, 0.05) is 49.9 Å². The van der Waals surface area contributed by atoms with E-state index in [0.717, 1.165) is 61.9 Å². The molecule has 3 heterocycles. The summed E-state index contributed by atoms with van der Waals surface area (Å²) in [6.07, 6.45) is 5.18. The predicted molar refractivity (Wildman–Crippen MR) is 153 cm³/mol. The summed E-state index contributed by atoms with van der Waals surface area (Å²) in [6.45, 7) is 2.21. The number of hydrogen-bond donors (Lipinski definition) is 0. The molecule has 3 fully saturated rings. The molecule has 2 aromatic heterocycles. The van der Waals surface area contributed by atoms with Crippen molar-refractivity contribution in [2.45, 2.75) is 44.3 Å². The van der Waals surface area contributed by atoms with Crippen LogP contribution >= 0.6 is 23.2 Å². The number of carbonyl (C=O) groups excluding carboxylic acids is 1. The van der Waals surface area contributed by atoms with Crippen LogP contribution in [-0.4, -0.2) is 49.8 Å². The first-order valence-electron chi connectivity index (χ1n) is 13.5. The van der Waals surface area contributed by atoms with Gasteiger partial charge in [-0.1, -0.05) is 34.4 Å². The van der Waals surface area contributed by atoms with Crippen LogP contribution in [-0.2, 0) is 16.1 Å². The molecule has 0 spiro atoms. The van der Waals surface area contributed by atoms with Gasteiger partial charge in [0.25, 0.3) is 6.01 Å². The van der Waals surface area contributed by atoms with E-state index in [1.165, 1.54) is 0 Å². The van der Waals surface area contributed by atoms with E-state index in [0.29, 0.717) is 62.8 Å². The van der Waals surface area contributed by atoms with Crippen LogP contribution in [0.5, 0.6) is 0 Å². The molecule has 8 nitrogen and oxygen atoms in total. The number of aldehydes is 1. The van der Waals surface area contributed by atoms with Gasteiger partial charge < -0.3 is 23.3 Å². The summed E-state index contributed by atoms with van der Waals surface area (Å²) in [5.41, 5.74) is 4.37. The van der Waals surface area contributed by atoms with Crippen molar-refractivity contribution >= 4 is 46.6 Å². The number of benzene rings is 2. The number of halogens is 2. The van der Waals surface area contributed by atoms with Gasteiger partial charge in [0.05, 0.1) is 22.8 Å². The Morgan fingerprint density at radius 1 is 1.07 bits per heavy atom. The molecule has 3 aliphatic rings. The second-order valence-corrected chi connectivity index (χ2v) is 11.6. The molecule has 2 aliphatic carbocycles. The average Bonchev–Trinajstić information content (AvgIpc) is 3.24. The molecule has 0 amide bonds. The van der Waals surface area contributed by atoms with Crippen molar-refractivity contribution < 1.29 is 23.2 Å². The van der Waals surface area contributed by atoms with Crippen molar-refractivity contribution in [3.63, 3.8) is 0 Å². The van der Waals surface area contributed by atoms with E-state index in [1.54, 1.807) is 26.4 Å². The Kier molecular flexibility index (Phi) is 7.86. The molecule has 40 heavy (non-hydrogen) atoms. The quantitative estimate of drug-likeness (QED) is 0.211. The summed E-state index contributed by atoms with van der Waals surface area (Å²) in [7, 11) is 3.25. The molecular weight excluding hydrogens is 553 g/mol. The standard InChI is InChI=1S/C28H25Cl2N3O4.C2H6O/c29-21-2-1-3-22(30)25(21)26-20(27(37-32-26)16-5-6-16)14-35-19-9-17-11-33(12-18(17)10-19)28-31-23-7-4-15(13-34)8-24(23)36-28;1-3-2/h1-4,7-8,13,16-19H,5-6,9-12,14H2;1-2H3. The lowest BCUT2D eigenvalue weighted by molar-refractivity contribution is 0.0402. The number of rotatable bonds is 7. The van der Waals surface area contributed by atoms with Gasteiger partial charge in [-0.25, -0.2) is 0 Å². The first-order chi connectivity index (χ1) is 19.5. The fourth-order valence-electron chi connectivity index (χ4n) is 5.92. The van der Waals surface area contributed by atoms with Gasteiger partial charge in [-0.2, -0.15) is 4.98 Å². The van der Waals surface area contributed by atoms with E-state index < -0.39 is 0 Å². The fourth-order valence-corrected chi connectivity index (χ4v) is 6.50. The summed E-state index contributed by atoms with van der Waals surface area (Å²) in [5, 5.41) is 5.49. The zero-order chi connectivity index (χ0) is 27.8. The highest BCUT2D eigenvalue weighted by molar-refractivity contribution is 6.39. The third-order valence-corrected chi connectivity index (χ3v) is 8.58. The largest absolute Gasteiger partial charge is 0.423 e. The maximum Gasteiger partial charge on any atom is 0.298 e. The molecule has 7 rings (SSSR count). The number of carbonyl (C=O) groups is 1. The molecule has 2 atom stereocenters. The second kappa shape index (κ2) is 11.5. The maximum absolute atomic E-state index is 11.1. The van der Waals surface area contributed by atoms with Crippen LogP contribution < -0.4 is 4.90 Å². The van der Waals surface area contributed by atoms with E-state index >= 15 is 0 Å². The molecule has 0 bridgehead atoms. The third-order valence-electron chi connectivity index (χ3n) is 7.95. The number of anilines is 1. The number of nitrogens with zero attached hydrogens (tertiary/aromatic N) is 3. The highest BCUT2D eigenvalue weighted by Crippen LogP contribution is 2.47. The fraction of sp³-hybridized carbons (Fsp3) is 0.433. The molecule has 4 aromatic rings. The van der Waals surface area contributed by atoms with Crippen molar-refractivity contribution in [3.05, 3.63) is 63.3 Å². The smallest absolute Gasteiger partial charge is 0.298 e. The molecule has 0 N–H and O–H groups in total. The highest BCUT2D eigenvalue weighted by atomic mass is 35.5. The minimum atomic E-state index is 0.174. The molecule has 10 heteroatoms. The molecular formula is C30H31Cl2N3O5. The lowest BCUT2D eigenvalue weighted by atomic mass is 10.0. The Bertz CT molecular complexity index is 1480. The Labute approximate surface area is 242 Å². The van der Waals surface area contributed by atoms with Crippen LogP contribution in [0.15, 0.2) is 45.3 Å². The van der Waals surface area contributed by atoms with Crippen LogP contribution in [0.3, 0.4) is 0 Å². The van der Waals surface area contributed by atoms with Crippen LogP contribution in [0, 0.1) is 11.8 Å². The zero-order valence-corrected chi connectivity index (χ0v) is 24.0. The molecule has 0 radical (unpaired) electrons. The Balaban J connectivity index is 0.000000925. The first kappa shape index (κ1) is 27.3. The summed E-state index contributed by atoms with van der Waals surface area (Å²) in [6, 6.07) is 11.4. The minimum absolute atomic E-state index is 0.174. The summed E-state index contributed by atoms with van der Waals surface area (Å²) in [5.74, 6) is 2.35. The zero-order valence-electron chi connectivity index (χ0n) is 22.4. The first-order valence-corrected chi connectivity index (χ1v) is 14.3. The Morgan fingerprint density at radius 2 is 1.77 bits per heavy atom. The predicted octanol–water partition coefficient (Wildman–Crippen LogP) is 7.17. The van der Waals surface area contributed by atoms with Crippen LogP contribution in [0.2, 0.25) is 10.0 Å². The number of ether oxygens (including phenoxy) is 2. The highest BCUT2D eigenvalue weighted by Gasteiger charge is 2.43. The van der Waals surface area contributed by atoms with Crippen LogP contribution in [0.1, 0.15) is 53.3 Å². The number of hydrogen-bond acceptors (Lipinski definition) is 8. The van der Waals surface area contributed by atoms with Gasteiger partial charge >= 0.3 is 0 Å². The molecule has 2 unspecified atom stereocenters. The molecule has 2 saturated carbocycles. The summed E-state index contributed by atoms with van der Waals surface area (Å²) >= 11 is 13.0. The van der Waals surface area contributed by atoms with Crippen LogP contribution in [0.4, 0.5) is 6.01 Å². The molecule has 1 aliphatic heterocycles. The normalized spacial score (nSPS) is 21.9. The van der Waals surface area contributed by atoms with Crippen molar-refractivity contribution in [2.75, 3.05) is 32.2 Å². The van der Waals surface area contributed by atoms with E-state index in [1.807, 2.05) is 24.3 Å². The minimum Gasteiger partial charge on any atom is -0.423 e. The topological polar surface area (TPSA) is 90.8 Å². The third kappa shape index (κ3) is 5.38. The lowest BCUT2D eigenvalue weighted by Gasteiger charge is -2.18. The van der Waals surface area contributed by atoms with E-state index in [4.69, 9.17) is 36.9 Å². The van der Waals surface area contributed by atoms with Gasteiger partial charge in [0.2, 0.25) is 0 Å². The van der Waals surface area contributed by atoms with E-state index in [9.17, 15) is 4.79 Å². The SMILES string of the molecule is COC.O=Cc1ccc2nc(N3CC4CC(OCc5c(-c6c(Cl)cccc6Cl)noc5C5CC5)CC4C3)oc2c1. The molecule has 1 saturated heterocycles. The Hall–Kier alpha value is -2.91. The van der Waals surface area contributed by atoms with Crippen molar-refractivity contribution in [1.82, 2.24) is 10.1 Å². The monoisotopic (exact) mass is 583 g/mol. The van der Waals surface area contributed by atoms with Gasteiger partial charge in [-0.3, -0.25) is 4.79 Å². The van der Waals surface area contributed by atoms with E-state index in [2.05, 4.69) is 19.8 Å². The van der Waals surface area contributed by atoms with Crippen molar-refractivity contribution in [2.24, 2.45) is 11.8 Å².